The maximum atomic E-state index is 12.6. The summed E-state index contributed by atoms with van der Waals surface area (Å²) in [6, 6.07) is 10.3. The molecule has 2 heterocycles. The Kier molecular flexibility index (Phi) is 6.74. The van der Waals surface area contributed by atoms with Gasteiger partial charge < -0.3 is 4.74 Å². The summed E-state index contributed by atoms with van der Waals surface area (Å²) in [5.41, 5.74) is 0.608. The molecule has 0 N–H and O–H groups in total. The number of benzene rings is 1. The molecule has 1 aliphatic heterocycles. The predicted octanol–water partition coefficient (Wildman–Crippen LogP) is 3.63. The normalized spacial score (nSPS) is 16.1. The molecule has 1 aromatic carbocycles. The molecule has 0 unspecified atom stereocenters. The zero-order valence-electron chi connectivity index (χ0n) is 16.0. The van der Waals surface area contributed by atoms with E-state index in [9.17, 15) is 13.2 Å². The van der Waals surface area contributed by atoms with E-state index in [4.69, 9.17) is 4.74 Å². The lowest BCUT2D eigenvalue weighted by molar-refractivity contribution is 0.0994. The van der Waals surface area contributed by atoms with Crippen molar-refractivity contribution in [3.05, 3.63) is 48.2 Å². The molecule has 0 amide bonds. The summed E-state index contributed by atoms with van der Waals surface area (Å²) in [6.07, 6.45) is 3.17. The Labute approximate surface area is 170 Å². The molecule has 0 bridgehead atoms. The summed E-state index contributed by atoms with van der Waals surface area (Å²) in [5, 5.41) is 0.277. The van der Waals surface area contributed by atoms with Crippen LogP contribution in [-0.2, 0) is 10.0 Å². The van der Waals surface area contributed by atoms with Crippen molar-refractivity contribution in [2.24, 2.45) is 0 Å². The lowest BCUT2D eigenvalue weighted by Crippen LogP contribution is -2.27. The first kappa shape index (κ1) is 20.8. The van der Waals surface area contributed by atoms with Crippen LogP contribution in [0.15, 0.2) is 52.5 Å². The first-order valence-corrected chi connectivity index (χ1v) is 11.6. The van der Waals surface area contributed by atoms with Gasteiger partial charge in [-0.2, -0.15) is 4.31 Å². The van der Waals surface area contributed by atoms with E-state index in [2.05, 4.69) is 4.98 Å². The molecule has 1 saturated heterocycles. The number of ether oxygens (including phenoxy) is 1. The third kappa shape index (κ3) is 4.74. The van der Waals surface area contributed by atoms with Crippen LogP contribution in [-0.4, -0.2) is 48.4 Å². The second-order valence-electron chi connectivity index (χ2n) is 6.53. The molecule has 0 radical (unpaired) electrons. The van der Waals surface area contributed by atoms with Gasteiger partial charge in [-0.3, -0.25) is 4.79 Å². The number of hydrogen-bond acceptors (Lipinski definition) is 6. The molecule has 0 aliphatic carbocycles. The largest absolute Gasteiger partial charge is 0.494 e. The molecular formula is C20H24N2O4S2. The van der Waals surface area contributed by atoms with Gasteiger partial charge in [0.25, 0.3) is 0 Å². The highest BCUT2D eigenvalue weighted by Crippen LogP contribution is 2.27. The lowest BCUT2D eigenvalue weighted by Gasteiger charge is -2.15. The van der Waals surface area contributed by atoms with Crippen molar-refractivity contribution in [3.63, 3.8) is 0 Å². The maximum Gasteiger partial charge on any atom is 0.244 e. The summed E-state index contributed by atoms with van der Waals surface area (Å²) in [7, 11) is -3.47. The van der Waals surface area contributed by atoms with Crippen LogP contribution in [0.4, 0.5) is 0 Å². The fraction of sp³-hybridized carbons (Fsp3) is 0.400. The SMILES string of the molecule is CCOc1ccc(C(=O)[C@H](C)Sc2ccc(S(=O)(=O)N3CCCC3)cn2)cc1. The summed E-state index contributed by atoms with van der Waals surface area (Å²) in [5.74, 6) is 0.722. The molecule has 1 fully saturated rings. The van der Waals surface area contributed by atoms with Gasteiger partial charge in [-0.15, -0.1) is 0 Å². The Morgan fingerprint density at radius 1 is 1.18 bits per heavy atom. The fourth-order valence-corrected chi connectivity index (χ4v) is 5.35. The quantitative estimate of drug-likeness (QED) is 0.479. The van der Waals surface area contributed by atoms with E-state index >= 15 is 0 Å². The van der Waals surface area contributed by atoms with E-state index < -0.39 is 10.0 Å². The standard InChI is InChI=1S/C20H24N2O4S2/c1-3-26-17-8-6-16(7-9-17)20(23)15(2)27-19-11-10-18(14-21-19)28(24,25)22-12-4-5-13-22/h6-11,14-15H,3-5,12-13H2,1-2H3/t15-/m0/s1. The third-order valence-corrected chi connectivity index (χ3v) is 7.46. The van der Waals surface area contributed by atoms with Gasteiger partial charge in [0, 0.05) is 24.8 Å². The van der Waals surface area contributed by atoms with Crippen LogP contribution in [0.5, 0.6) is 5.75 Å². The van der Waals surface area contributed by atoms with Gasteiger partial charge in [0.2, 0.25) is 10.0 Å². The van der Waals surface area contributed by atoms with E-state index in [-0.39, 0.29) is 15.9 Å². The number of hydrogen-bond donors (Lipinski definition) is 0. The highest BCUT2D eigenvalue weighted by molar-refractivity contribution is 8.00. The topological polar surface area (TPSA) is 76.6 Å². The number of Topliss-reactive ketones (excluding diaryl/α,β-unsaturated/α-hetero) is 1. The Hall–Kier alpha value is -1.90. The van der Waals surface area contributed by atoms with E-state index in [1.54, 1.807) is 36.4 Å². The summed E-state index contributed by atoms with van der Waals surface area (Å²) in [4.78, 5) is 17.1. The number of nitrogens with zero attached hydrogens (tertiary/aromatic N) is 2. The zero-order chi connectivity index (χ0) is 20.1. The Bertz CT molecular complexity index is 906. The number of aromatic nitrogens is 1. The third-order valence-electron chi connectivity index (χ3n) is 4.53. The minimum absolute atomic E-state index is 0.0105. The molecule has 6 nitrogen and oxygen atoms in total. The van der Waals surface area contributed by atoms with E-state index in [0.717, 1.165) is 18.6 Å². The van der Waals surface area contributed by atoms with E-state index in [1.165, 1.54) is 22.3 Å². The van der Waals surface area contributed by atoms with Crippen molar-refractivity contribution in [1.29, 1.82) is 0 Å². The summed E-state index contributed by atoms with van der Waals surface area (Å²) < 4.78 is 32.0. The molecule has 150 valence electrons. The fourth-order valence-electron chi connectivity index (χ4n) is 3.02. The van der Waals surface area contributed by atoms with Crippen LogP contribution in [0, 0.1) is 0 Å². The highest BCUT2D eigenvalue weighted by atomic mass is 32.2. The number of sulfonamides is 1. The molecule has 2 aromatic rings. The molecular weight excluding hydrogens is 396 g/mol. The second kappa shape index (κ2) is 9.07. The maximum absolute atomic E-state index is 12.6. The first-order valence-electron chi connectivity index (χ1n) is 9.31. The van der Waals surface area contributed by atoms with Crippen LogP contribution in [0.3, 0.4) is 0 Å². The van der Waals surface area contributed by atoms with Gasteiger partial charge in [0.15, 0.2) is 5.78 Å². The first-order chi connectivity index (χ1) is 13.4. The molecule has 8 heteroatoms. The van der Waals surface area contributed by atoms with Crippen molar-refractivity contribution >= 4 is 27.6 Å². The van der Waals surface area contributed by atoms with Crippen molar-refractivity contribution in [2.45, 2.75) is 41.9 Å². The van der Waals surface area contributed by atoms with Gasteiger partial charge >= 0.3 is 0 Å². The predicted molar refractivity (Wildman–Crippen MR) is 109 cm³/mol. The highest BCUT2D eigenvalue weighted by Gasteiger charge is 2.27. The van der Waals surface area contributed by atoms with Gasteiger partial charge in [0.05, 0.1) is 16.9 Å². The Morgan fingerprint density at radius 3 is 2.43 bits per heavy atom. The van der Waals surface area contributed by atoms with Crippen LogP contribution < -0.4 is 4.74 Å². The van der Waals surface area contributed by atoms with Gasteiger partial charge in [-0.05, 0) is 63.1 Å². The van der Waals surface area contributed by atoms with Crippen molar-refractivity contribution in [1.82, 2.24) is 9.29 Å². The Morgan fingerprint density at radius 2 is 1.86 bits per heavy atom. The lowest BCUT2D eigenvalue weighted by atomic mass is 10.1. The minimum atomic E-state index is -3.47. The molecule has 1 atom stereocenters. The summed E-state index contributed by atoms with van der Waals surface area (Å²) in [6.45, 7) is 5.43. The van der Waals surface area contributed by atoms with Gasteiger partial charge in [-0.1, -0.05) is 11.8 Å². The number of thioether (sulfide) groups is 1. The van der Waals surface area contributed by atoms with Crippen LogP contribution >= 0.6 is 11.8 Å². The van der Waals surface area contributed by atoms with Gasteiger partial charge in [0.1, 0.15) is 10.6 Å². The second-order valence-corrected chi connectivity index (χ2v) is 9.82. The number of pyridine rings is 1. The average molecular weight is 421 g/mol. The monoisotopic (exact) mass is 420 g/mol. The Balaban J connectivity index is 1.65. The summed E-state index contributed by atoms with van der Waals surface area (Å²) >= 11 is 1.31. The van der Waals surface area contributed by atoms with Crippen molar-refractivity contribution in [2.75, 3.05) is 19.7 Å². The van der Waals surface area contributed by atoms with Crippen LogP contribution in [0.1, 0.15) is 37.0 Å². The van der Waals surface area contributed by atoms with Gasteiger partial charge in [-0.25, -0.2) is 13.4 Å². The van der Waals surface area contributed by atoms with Crippen LogP contribution in [0.2, 0.25) is 0 Å². The van der Waals surface area contributed by atoms with E-state index in [0.29, 0.717) is 30.3 Å². The van der Waals surface area contributed by atoms with Crippen molar-refractivity contribution in [3.8, 4) is 5.75 Å². The molecule has 3 rings (SSSR count). The minimum Gasteiger partial charge on any atom is -0.494 e. The molecule has 0 spiro atoms. The zero-order valence-corrected chi connectivity index (χ0v) is 17.6. The molecule has 0 saturated carbocycles. The number of carbonyl (C=O) groups is 1. The molecule has 28 heavy (non-hydrogen) atoms. The number of rotatable bonds is 8. The molecule has 1 aromatic heterocycles. The molecule has 1 aliphatic rings. The number of carbonyl (C=O) groups excluding carboxylic acids is 1. The number of ketones is 1. The average Bonchev–Trinajstić information content (AvgIpc) is 3.24. The van der Waals surface area contributed by atoms with Crippen molar-refractivity contribution < 1.29 is 17.9 Å². The smallest absolute Gasteiger partial charge is 0.244 e. The van der Waals surface area contributed by atoms with Crippen LogP contribution in [0.25, 0.3) is 0 Å². The van der Waals surface area contributed by atoms with E-state index in [1.807, 2.05) is 13.8 Å².